The van der Waals surface area contributed by atoms with Gasteiger partial charge < -0.3 is 15.4 Å². The number of rotatable bonds is 7. The summed E-state index contributed by atoms with van der Waals surface area (Å²) in [6.07, 6.45) is 0. The van der Waals surface area contributed by atoms with Crippen LogP contribution in [0.4, 0.5) is 0 Å². The van der Waals surface area contributed by atoms with Gasteiger partial charge in [-0.1, -0.05) is 18.2 Å². The highest BCUT2D eigenvalue weighted by molar-refractivity contribution is 14.0. The van der Waals surface area contributed by atoms with E-state index < -0.39 is 0 Å². The summed E-state index contributed by atoms with van der Waals surface area (Å²) in [7, 11) is 1.96. The maximum absolute atomic E-state index is 5.68. The number of aryl methyl sites for hydroxylation is 2. The van der Waals surface area contributed by atoms with E-state index in [1.807, 2.05) is 49.0 Å². The number of guanidine groups is 1. The van der Waals surface area contributed by atoms with Gasteiger partial charge in [0.25, 0.3) is 0 Å². The molecule has 25 heavy (non-hydrogen) atoms. The Kier molecular flexibility index (Phi) is 9.33. The maximum atomic E-state index is 5.68. The summed E-state index contributed by atoms with van der Waals surface area (Å²) in [5.74, 6) is 1.67. The lowest BCUT2D eigenvalue weighted by Gasteiger charge is -2.12. The second-order valence-corrected chi connectivity index (χ2v) is 5.56. The lowest BCUT2D eigenvalue weighted by molar-refractivity contribution is 0.322. The Morgan fingerprint density at radius 1 is 1.20 bits per heavy atom. The standard InChI is InChI=1S/C18H27N5O.HI/c1-5-19-18(20-11-12-24-16-9-7-6-8-10-16)21-13-17-14(2)22-23(4)15(17)3;/h6-10H,5,11-13H2,1-4H3,(H2,19,20,21);1H. The number of hydrogen-bond acceptors (Lipinski definition) is 3. The van der Waals surface area contributed by atoms with Gasteiger partial charge in [-0.15, -0.1) is 24.0 Å². The van der Waals surface area contributed by atoms with Crippen LogP contribution in [0.15, 0.2) is 35.3 Å². The van der Waals surface area contributed by atoms with Crippen LogP contribution in [0.1, 0.15) is 23.9 Å². The van der Waals surface area contributed by atoms with E-state index in [1.165, 1.54) is 5.56 Å². The molecule has 0 radical (unpaired) electrons. The number of ether oxygens (including phenoxy) is 1. The number of nitrogens with one attached hydrogen (secondary N) is 2. The first-order valence-corrected chi connectivity index (χ1v) is 8.31. The quantitative estimate of drug-likeness (QED) is 0.291. The molecule has 0 fully saturated rings. The fourth-order valence-corrected chi connectivity index (χ4v) is 2.40. The lowest BCUT2D eigenvalue weighted by Crippen LogP contribution is -2.39. The van der Waals surface area contributed by atoms with Gasteiger partial charge in [-0.25, -0.2) is 4.99 Å². The largest absolute Gasteiger partial charge is 0.492 e. The average Bonchev–Trinajstić information content (AvgIpc) is 2.82. The maximum Gasteiger partial charge on any atom is 0.191 e. The van der Waals surface area contributed by atoms with Crippen molar-refractivity contribution in [2.45, 2.75) is 27.3 Å². The van der Waals surface area contributed by atoms with E-state index in [0.29, 0.717) is 19.7 Å². The molecule has 138 valence electrons. The van der Waals surface area contributed by atoms with Crippen LogP contribution in [0.5, 0.6) is 5.75 Å². The number of para-hydroxylation sites is 1. The van der Waals surface area contributed by atoms with Gasteiger partial charge in [-0.2, -0.15) is 5.10 Å². The Morgan fingerprint density at radius 2 is 1.92 bits per heavy atom. The highest BCUT2D eigenvalue weighted by Crippen LogP contribution is 2.12. The average molecular weight is 457 g/mol. The summed E-state index contributed by atoms with van der Waals surface area (Å²) in [4.78, 5) is 4.65. The van der Waals surface area contributed by atoms with Crippen LogP contribution < -0.4 is 15.4 Å². The summed E-state index contributed by atoms with van der Waals surface area (Å²) in [5.41, 5.74) is 3.36. The van der Waals surface area contributed by atoms with Gasteiger partial charge in [-0.05, 0) is 32.9 Å². The Bertz CT molecular complexity index is 670. The molecule has 1 aromatic carbocycles. The zero-order valence-electron chi connectivity index (χ0n) is 15.4. The van der Waals surface area contributed by atoms with Crippen LogP contribution in [0.3, 0.4) is 0 Å². The second kappa shape index (κ2) is 11.0. The molecule has 0 aliphatic rings. The Balaban J connectivity index is 0.00000312. The minimum absolute atomic E-state index is 0. The number of nitrogens with zero attached hydrogens (tertiary/aromatic N) is 3. The SMILES string of the molecule is CCNC(=NCc1c(C)nn(C)c1C)NCCOc1ccccc1.I. The molecule has 0 aliphatic heterocycles. The minimum Gasteiger partial charge on any atom is -0.492 e. The highest BCUT2D eigenvalue weighted by Gasteiger charge is 2.08. The zero-order chi connectivity index (χ0) is 17.4. The number of halogens is 1. The smallest absolute Gasteiger partial charge is 0.191 e. The third-order valence-electron chi connectivity index (χ3n) is 3.80. The summed E-state index contributed by atoms with van der Waals surface area (Å²) < 4.78 is 7.58. The van der Waals surface area contributed by atoms with Gasteiger partial charge in [-0.3, -0.25) is 4.68 Å². The van der Waals surface area contributed by atoms with Crippen molar-refractivity contribution in [3.8, 4) is 5.75 Å². The van der Waals surface area contributed by atoms with Gasteiger partial charge >= 0.3 is 0 Å². The molecular weight excluding hydrogens is 429 g/mol. The molecule has 2 N–H and O–H groups in total. The zero-order valence-corrected chi connectivity index (χ0v) is 17.7. The third kappa shape index (κ3) is 6.56. The van der Waals surface area contributed by atoms with Gasteiger partial charge in [0, 0.05) is 24.8 Å². The summed E-state index contributed by atoms with van der Waals surface area (Å²) >= 11 is 0. The number of aliphatic imine (C=N–C) groups is 1. The van der Waals surface area contributed by atoms with Crippen molar-refractivity contribution in [3.05, 3.63) is 47.3 Å². The van der Waals surface area contributed by atoms with Gasteiger partial charge in [0.15, 0.2) is 5.96 Å². The van der Waals surface area contributed by atoms with Crippen LogP contribution in [0, 0.1) is 13.8 Å². The van der Waals surface area contributed by atoms with Gasteiger partial charge in [0.05, 0.1) is 18.8 Å². The molecule has 1 aromatic heterocycles. The molecule has 0 spiro atoms. The minimum atomic E-state index is 0. The molecule has 0 atom stereocenters. The van der Waals surface area contributed by atoms with E-state index in [1.54, 1.807) is 0 Å². The number of hydrogen-bond donors (Lipinski definition) is 2. The predicted octanol–water partition coefficient (Wildman–Crippen LogP) is 2.79. The summed E-state index contributed by atoms with van der Waals surface area (Å²) in [6.45, 7) is 8.84. The van der Waals surface area contributed by atoms with Crippen LogP contribution in [-0.4, -0.2) is 35.4 Å². The van der Waals surface area contributed by atoms with Crippen molar-refractivity contribution in [3.63, 3.8) is 0 Å². The molecule has 7 heteroatoms. The predicted molar refractivity (Wildman–Crippen MR) is 113 cm³/mol. The molecule has 2 aromatic rings. The Labute approximate surface area is 167 Å². The fourth-order valence-electron chi connectivity index (χ4n) is 2.40. The molecular formula is C18H28IN5O. The topological polar surface area (TPSA) is 63.5 Å². The van der Waals surface area contributed by atoms with Crippen molar-refractivity contribution in [1.29, 1.82) is 0 Å². The Hall–Kier alpha value is -1.77. The molecule has 0 unspecified atom stereocenters. The second-order valence-electron chi connectivity index (χ2n) is 5.56. The van der Waals surface area contributed by atoms with E-state index in [4.69, 9.17) is 4.74 Å². The van der Waals surface area contributed by atoms with Crippen LogP contribution in [-0.2, 0) is 13.6 Å². The van der Waals surface area contributed by atoms with E-state index >= 15 is 0 Å². The molecule has 0 bridgehead atoms. The molecule has 0 saturated carbocycles. The molecule has 0 amide bonds. The first kappa shape index (κ1) is 21.3. The van der Waals surface area contributed by atoms with Crippen molar-refractivity contribution in [2.75, 3.05) is 19.7 Å². The molecule has 6 nitrogen and oxygen atoms in total. The number of aromatic nitrogens is 2. The van der Waals surface area contributed by atoms with Crippen molar-refractivity contribution < 1.29 is 4.74 Å². The molecule has 1 heterocycles. The van der Waals surface area contributed by atoms with E-state index in [2.05, 4.69) is 34.6 Å². The summed E-state index contributed by atoms with van der Waals surface area (Å²) in [6, 6.07) is 9.81. The molecule has 0 aliphatic carbocycles. The van der Waals surface area contributed by atoms with Crippen LogP contribution in [0.2, 0.25) is 0 Å². The van der Waals surface area contributed by atoms with Crippen LogP contribution in [0.25, 0.3) is 0 Å². The van der Waals surface area contributed by atoms with E-state index in [9.17, 15) is 0 Å². The van der Waals surface area contributed by atoms with E-state index in [0.717, 1.165) is 29.6 Å². The van der Waals surface area contributed by atoms with Crippen LogP contribution >= 0.6 is 24.0 Å². The third-order valence-corrected chi connectivity index (χ3v) is 3.80. The Morgan fingerprint density at radius 3 is 2.52 bits per heavy atom. The van der Waals surface area contributed by atoms with Crippen molar-refractivity contribution in [1.82, 2.24) is 20.4 Å². The van der Waals surface area contributed by atoms with Crippen molar-refractivity contribution >= 4 is 29.9 Å². The van der Waals surface area contributed by atoms with Crippen molar-refractivity contribution in [2.24, 2.45) is 12.0 Å². The molecule has 2 rings (SSSR count). The first-order chi connectivity index (χ1) is 11.6. The normalized spacial score (nSPS) is 11.0. The van der Waals surface area contributed by atoms with E-state index in [-0.39, 0.29) is 24.0 Å². The lowest BCUT2D eigenvalue weighted by atomic mass is 10.2. The fraction of sp³-hybridized carbons (Fsp3) is 0.444. The van der Waals surface area contributed by atoms with Gasteiger partial charge in [0.2, 0.25) is 0 Å². The van der Waals surface area contributed by atoms with Gasteiger partial charge in [0.1, 0.15) is 12.4 Å². The first-order valence-electron chi connectivity index (χ1n) is 8.31. The highest BCUT2D eigenvalue weighted by atomic mass is 127. The molecule has 0 saturated heterocycles. The monoisotopic (exact) mass is 457 g/mol. The summed E-state index contributed by atoms with van der Waals surface area (Å²) in [5, 5.41) is 11.0. The number of benzene rings is 1.